The van der Waals surface area contributed by atoms with E-state index in [0.29, 0.717) is 18.4 Å². The average molecular weight is 157 g/mol. The fourth-order valence-corrected chi connectivity index (χ4v) is 2.06. The molecule has 3 N–H and O–H groups in total. The van der Waals surface area contributed by atoms with Crippen LogP contribution in [0.2, 0.25) is 0 Å². The number of rotatable bonds is 2. The lowest BCUT2D eigenvalue weighted by Gasteiger charge is -2.52. The fourth-order valence-electron chi connectivity index (χ4n) is 2.06. The van der Waals surface area contributed by atoms with Gasteiger partial charge < -0.3 is 10.8 Å². The molecule has 0 aliphatic heterocycles. The summed E-state index contributed by atoms with van der Waals surface area (Å²) in [5, 5.41) is 10.0. The van der Waals surface area contributed by atoms with E-state index < -0.39 is 5.60 Å². The Bertz CT molecular complexity index is 142. The van der Waals surface area contributed by atoms with Gasteiger partial charge >= 0.3 is 0 Å². The zero-order valence-corrected chi connectivity index (χ0v) is 7.67. The van der Waals surface area contributed by atoms with E-state index in [0.717, 1.165) is 6.42 Å². The smallest absolute Gasteiger partial charge is 0.0715 e. The molecule has 0 heterocycles. The minimum absolute atomic E-state index is 0.244. The van der Waals surface area contributed by atoms with Gasteiger partial charge in [-0.05, 0) is 30.7 Å². The Labute approximate surface area is 68.8 Å². The van der Waals surface area contributed by atoms with Gasteiger partial charge in [0.1, 0.15) is 0 Å². The van der Waals surface area contributed by atoms with Crippen LogP contribution in [-0.4, -0.2) is 17.3 Å². The Hall–Kier alpha value is -0.0800. The van der Waals surface area contributed by atoms with Gasteiger partial charge in [0.05, 0.1) is 5.60 Å². The van der Waals surface area contributed by atoms with E-state index in [-0.39, 0.29) is 5.92 Å². The third-order valence-electron chi connectivity index (χ3n) is 3.50. The van der Waals surface area contributed by atoms with Crippen LogP contribution in [0.4, 0.5) is 0 Å². The van der Waals surface area contributed by atoms with Crippen molar-refractivity contribution in [2.75, 3.05) is 6.54 Å². The van der Waals surface area contributed by atoms with Crippen LogP contribution in [0.25, 0.3) is 0 Å². The summed E-state index contributed by atoms with van der Waals surface area (Å²) < 4.78 is 0. The molecule has 1 aliphatic rings. The molecule has 4 unspecified atom stereocenters. The van der Waals surface area contributed by atoms with Crippen molar-refractivity contribution >= 4 is 0 Å². The number of hydrogen-bond donors (Lipinski definition) is 2. The Morgan fingerprint density at radius 3 is 2.45 bits per heavy atom. The lowest BCUT2D eigenvalue weighted by Crippen LogP contribution is -2.57. The summed E-state index contributed by atoms with van der Waals surface area (Å²) in [6.07, 6.45) is 0.923. The molecule has 2 heteroatoms. The molecule has 0 radical (unpaired) electrons. The Balaban J connectivity index is 2.56. The van der Waals surface area contributed by atoms with Crippen LogP contribution in [0.1, 0.15) is 27.2 Å². The molecular formula is C9H19NO. The van der Waals surface area contributed by atoms with Crippen LogP contribution in [0.15, 0.2) is 0 Å². The van der Waals surface area contributed by atoms with Crippen molar-refractivity contribution in [2.24, 2.45) is 23.5 Å². The zero-order valence-electron chi connectivity index (χ0n) is 7.67. The molecule has 0 amide bonds. The first-order chi connectivity index (χ1) is 5.02. The van der Waals surface area contributed by atoms with Crippen molar-refractivity contribution < 1.29 is 5.11 Å². The maximum Gasteiger partial charge on any atom is 0.0715 e. The fraction of sp³-hybridized carbons (Fsp3) is 1.00. The highest BCUT2D eigenvalue weighted by Crippen LogP contribution is 2.47. The van der Waals surface area contributed by atoms with Crippen LogP contribution in [0, 0.1) is 17.8 Å². The molecule has 1 fully saturated rings. The van der Waals surface area contributed by atoms with E-state index in [2.05, 4.69) is 13.8 Å². The van der Waals surface area contributed by atoms with Crippen molar-refractivity contribution in [3.8, 4) is 0 Å². The Morgan fingerprint density at radius 1 is 1.64 bits per heavy atom. The highest BCUT2D eigenvalue weighted by atomic mass is 16.3. The summed E-state index contributed by atoms with van der Waals surface area (Å²) in [4.78, 5) is 0. The van der Waals surface area contributed by atoms with Gasteiger partial charge in [-0.25, -0.2) is 0 Å². The van der Waals surface area contributed by atoms with Gasteiger partial charge in [0.2, 0.25) is 0 Å². The first-order valence-electron chi connectivity index (χ1n) is 4.44. The van der Waals surface area contributed by atoms with E-state index in [1.807, 2.05) is 6.92 Å². The SMILES string of the molecule is CC1CC(O)(C(C)CN)C1C. The molecule has 0 aromatic rings. The van der Waals surface area contributed by atoms with Crippen molar-refractivity contribution in [3.63, 3.8) is 0 Å². The van der Waals surface area contributed by atoms with Gasteiger partial charge in [-0.3, -0.25) is 0 Å². The molecule has 66 valence electrons. The predicted octanol–water partition coefficient (Wildman–Crippen LogP) is 0.988. The van der Waals surface area contributed by atoms with Crippen LogP contribution in [-0.2, 0) is 0 Å². The molecule has 0 aromatic carbocycles. The molecule has 1 rings (SSSR count). The van der Waals surface area contributed by atoms with Crippen LogP contribution in [0.3, 0.4) is 0 Å². The van der Waals surface area contributed by atoms with Gasteiger partial charge in [-0.1, -0.05) is 20.8 Å². The first-order valence-corrected chi connectivity index (χ1v) is 4.44. The summed E-state index contributed by atoms with van der Waals surface area (Å²) in [7, 11) is 0. The van der Waals surface area contributed by atoms with Crippen molar-refractivity contribution in [1.82, 2.24) is 0 Å². The Morgan fingerprint density at radius 2 is 2.18 bits per heavy atom. The quantitative estimate of drug-likeness (QED) is 0.628. The van der Waals surface area contributed by atoms with E-state index in [1.165, 1.54) is 0 Å². The van der Waals surface area contributed by atoms with Gasteiger partial charge in [-0.2, -0.15) is 0 Å². The zero-order chi connectivity index (χ0) is 8.65. The lowest BCUT2D eigenvalue weighted by molar-refractivity contribution is -0.157. The van der Waals surface area contributed by atoms with Crippen LogP contribution < -0.4 is 5.73 Å². The van der Waals surface area contributed by atoms with E-state index in [1.54, 1.807) is 0 Å². The van der Waals surface area contributed by atoms with Crippen molar-refractivity contribution in [1.29, 1.82) is 0 Å². The second kappa shape index (κ2) is 2.76. The Kier molecular flexibility index (Phi) is 2.26. The first kappa shape index (κ1) is 9.01. The second-order valence-electron chi connectivity index (χ2n) is 4.10. The predicted molar refractivity (Wildman–Crippen MR) is 46.1 cm³/mol. The summed E-state index contributed by atoms with van der Waals surface area (Å²) in [6.45, 7) is 6.92. The van der Waals surface area contributed by atoms with Crippen molar-refractivity contribution in [3.05, 3.63) is 0 Å². The lowest BCUT2D eigenvalue weighted by atomic mass is 9.58. The highest BCUT2D eigenvalue weighted by molar-refractivity contribution is 5.01. The molecule has 0 aromatic heterocycles. The molecule has 2 nitrogen and oxygen atoms in total. The summed E-state index contributed by atoms with van der Waals surface area (Å²) >= 11 is 0. The molecule has 4 atom stereocenters. The summed E-state index contributed by atoms with van der Waals surface area (Å²) in [5.74, 6) is 1.32. The maximum atomic E-state index is 10.0. The molecule has 0 saturated heterocycles. The van der Waals surface area contributed by atoms with Crippen molar-refractivity contribution in [2.45, 2.75) is 32.8 Å². The number of aliphatic hydroxyl groups is 1. The molecule has 0 bridgehead atoms. The topological polar surface area (TPSA) is 46.2 Å². The van der Waals surface area contributed by atoms with Gasteiger partial charge in [0.25, 0.3) is 0 Å². The van der Waals surface area contributed by atoms with E-state index in [9.17, 15) is 5.11 Å². The second-order valence-corrected chi connectivity index (χ2v) is 4.10. The summed E-state index contributed by atoms with van der Waals surface area (Å²) in [5.41, 5.74) is 5.05. The summed E-state index contributed by atoms with van der Waals surface area (Å²) in [6, 6.07) is 0. The molecular weight excluding hydrogens is 138 g/mol. The molecule has 0 spiro atoms. The average Bonchev–Trinajstić information content (AvgIpc) is 2.02. The third-order valence-corrected chi connectivity index (χ3v) is 3.50. The highest BCUT2D eigenvalue weighted by Gasteiger charge is 2.50. The molecule has 1 saturated carbocycles. The number of hydrogen-bond acceptors (Lipinski definition) is 2. The largest absolute Gasteiger partial charge is 0.389 e. The normalized spacial score (nSPS) is 46.6. The van der Waals surface area contributed by atoms with E-state index in [4.69, 9.17) is 5.73 Å². The number of nitrogens with two attached hydrogens (primary N) is 1. The minimum atomic E-state index is -0.464. The molecule has 11 heavy (non-hydrogen) atoms. The van der Waals surface area contributed by atoms with Crippen LogP contribution >= 0.6 is 0 Å². The van der Waals surface area contributed by atoms with E-state index >= 15 is 0 Å². The molecule has 1 aliphatic carbocycles. The standard InChI is InChI=1S/C9H19NO/c1-6-4-9(11,8(6)3)7(2)5-10/h6-8,11H,4-5,10H2,1-3H3. The van der Waals surface area contributed by atoms with Crippen LogP contribution in [0.5, 0.6) is 0 Å². The van der Waals surface area contributed by atoms with Gasteiger partial charge in [0, 0.05) is 0 Å². The third kappa shape index (κ3) is 1.18. The minimum Gasteiger partial charge on any atom is -0.389 e. The van der Waals surface area contributed by atoms with Gasteiger partial charge in [-0.15, -0.1) is 0 Å². The monoisotopic (exact) mass is 157 g/mol. The maximum absolute atomic E-state index is 10.0. The van der Waals surface area contributed by atoms with Gasteiger partial charge in [0.15, 0.2) is 0 Å².